The molecular formula is C10H9Br3FNO2. The van der Waals surface area contributed by atoms with Crippen LogP contribution in [-0.4, -0.2) is 19.4 Å². The SMILES string of the molecule is O=C(Cc1ccc(F)cc1)N[C@H](O)C(Br)(Br)Br. The van der Waals surface area contributed by atoms with Gasteiger partial charge in [0.05, 0.1) is 6.42 Å². The number of alkyl halides is 3. The summed E-state index contributed by atoms with van der Waals surface area (Å²) in [6, 6.07) is 5.60. The van der Waals surface area contributed by atoms with Crippen molar-refractivity contribution in [3.05, 3.63) is 35.6 Å². The van der Waals surface area contributed by atoms with E-state index >= 15 is 0 Å². The summed E-state index contributed by atoms with van der Waals surface area (Å²) >= 11 is 9.26. The fourth-order valence-electron chi connectivity index (χ4n) is 1.07. The van der Waals surface area contributed by atoms with E-state index in [1.54, 1.807) is 0 Å². The maximum atomic E-state index is 12.6. The molecule has 1 aromatic carbocycles. The number of hydrogen-bond donors (Lipinski definition) is 2. The zero-order valence-electron chi connectivity index (χ0n) is 8.46. The molecule has 0 saturated heterocycles. The van der Waals surface area contributed by atoms with E-state index < -0.39 is 8.37 Å². The normalized spacial score (nSPS) is 13.2. The zero-order valence-corrected chi connectivity index (χ0v) is 13.2. The van der Waals surface area contributed by atoms with Crippen molar-refractivity contribution in [2.45, 2.75) is 14.8 Å². The first-order chi connectivity index (χ1) is 7.79. The topological polar surface area (TPSA) is 49.3 Å². The van der Waals surface area contributed by atoms with Gasteiger partial charge in [-0.3, -0.25) is 4.79 Å². The van der Waals surface area contributed by atoms with Gasteiger partial charge in [-0.25, -0.2) is 4.39 Å². The van der Waals surface area contributed by atoms with E-state index in [0.717, 1.165) is 0 Å². The Labute approximate surface area is 123 Å². The highest BCUT2D eigenvalue weighted by molar-refractivity contribution is 9.39. The Kier molecular flexibility index (Phi) is 5.56. The first-order valence-electron chi connectivity index (χ1n) is 4.57. The molecule has 0 aromatic heterocycles. The Morgan fingerprint density at radius 2 is 1.88 bits per heavy atom. The summed E-state index contributed by atoms with van der Waals surface area (Å²) in [5, 5.41) is 11.9. The van der Waals surface area contributed by atoms with Crippen LogP contribution in [-0.2, 0) is 11.2 Å². The zero-order chi connectivity index (χ0) is 13.1. The summed E-state index contributed by atoms with van der Waals surface area (Å²) in [6.45, 7) is 0. The van der Waals surface area contributed by atoms with Crippen molar-refractivity contribution in [2.24, 2.45) is 0 Å². The molecule has 3 nitrogen and oxygen atoms in total. The van der Waals surface area contributed by atoms with Gasteiger partial charge in [0.15, 0.2) is 8.37 Å². The van der Waals surface area contributed by atoms with Crippen molar-refractivity contribution in [3.8, 4) is 0 Å². The molecule has 0 fully saturated rings. The van der Waals surface area contributed by atoms with Gasteiger partial charge >= 0.3 is 0 Å². The van der Waals surface area contributed by atoms with Crippen LogP contribution in [0.25, 0.3) is 0 Å². The van der Waals surface area contributed by atoms with Crippen molar-refractivity contribution >= 4 is 53.7 Å². The quantitative estimate of drug-likeness (QED) is 0.568. The Balaban J connectivity index is 2.53. The lowest BCUT2D eigenvalue weighted by molar-refractivity contribution is -0.123. The first kappa shape index (κ1) is 15.1. The molecule has 1 rings (SSSR count). The molecule has 0 saturated carbocycles. The average molecular weight is 434 g/mol. The van der Waals surface area contributed by atoms with Gasteiger partial charge in [-0.2, -0.15) is 0 Å². The second-order valence-corrected chi connectivity index (χ2v) is 10.3. The van der Waals surface area contributed by atoms with E-state index in [1.165, 1.54) is 24.3 Å². The van der Waals surface area contributed by atoms with Crippen LogP contribution in [0.5, 0.6) is 0 Å². The average Bonchev–Trinajstić information content (AvgIpc) is 2.20. The Bertz CT molecular complexity index is 392. The molecular weight excluding hydrogens is 425 g/mol. The van der Waals surface area contributed by atoms with E-state index in [2.05, 4.69) is 53.1 Å². The molecule has 0 heterocycles. The second kappa shape index (κ2) is 6.26. The van der Waals surface area contributed by atoms with Crippen LogP contribution in [0.1, 0.15) is 5.56 Å². The van der Waals surface area contributed by atoms with Crippen LogP contribution in [0.3, 0.4) is 0 Å². The largest absolute Gasteiger partial charge is 0.370 e. The fraction of sp³-hybridized carbons (Fsp3) is 0.300. The van der Waals surface area contributed by atoms with Gasteiger partial charge < -0.3 is 10.4 Å². The highest BCUT2D eigenvalue weighted by atomic mass is 80.0. The number of benzene rings is 1. The summed E-state index contributed by atoms with van der Waals surface area (Å²) in [4.78, 5) is 11.5. The minimum absolute atomic E-state index is 0.0699. The van der Waals surface area contributed by atoms with Crippen molar-refractivity contribution in [1.29, 1.82) is 0 Å². The standard InChI is InChI=1S/C10H9Br3FNO2/c11-10(12,13)9(17)15-8(16)5-6-1-3-7(14)4-2-6/h1-4,9,17H,5H2,(H,15,16)/t9-/m1/s1. The number of carbonyl (C=O) groups excluding carboxylic acids is 1. The van der Waals surface area contributed by atoms with Crippen molar-refractivity contribution in [1.82, 2.24) is 5.32 Å². The van der Waals surface area contributed by atoms with Crippen molar-refractivity contribution < 1.29 is 14.3 Å². The number of halogens is 4. The minimum Gasteiger partial charge on any atom is -0.370 e. The second-order valence-electron chi connectivity index (χ2n) is 3.31. The first-order valence-corrected chi connectivity index (χ1v) is 6.95. The molecule has 0 aliphatic carbocycles. The molecule has 0 spiro atoms. The van der Waals surface area contributed by atoms with E-state index in [4.69, 9.17) is 0 Å². The highest BCUT2D eigenvalue weighted by Gasteiger charge is 2.30. The van der Waals surface area contributed by atoms with E-state index in [9.17, 15) is 14.3 Å². The summed E-state index contributed by atoms with van der Waals surface area (Å²) in [5.74, 6) is -0.721. The summed E-state index contributed by atoms with van der Waals surface area (Å²) in [6.07, 6.45) is -1.07. The molecule has 0 radical (unpaired) electrons. The number of aliphatic hydroxyl groups is 1. The Morgan fingerprint density at radius 1 is 1.35 bits per heavy atom. The van der Waals surface area contributed by atoms with Crippen LogP contribution in [0.15, 0.2) is 24.3 Å². The third kappa shape index (κ3) is 5.46. The van der Waals surface area contributed by atoms with Gasteiger partial charge in [-0.05, 0) is 17.7 Å². The predicted octanol–water partition coefficient (Wildman–Crippen LogP) is 2.64. The smallest absolute Gasteiger partial charge is 0.226 e. The van der Waals surface area contributed by atoms with Crippen LogP contribution in [0, 0.1) is 5.82 Å². The fourth-order valence-corrected chi connectivity index (χ4v) is 1.42. The molecule has 0 unspecified atom stereocenters. The number of hydrogen-bond acceptors (Lipinski definition) is 2. The van der Waals surface area contributed by atoms with Crippen molar-refractivity contribution in [2.75, 3.05) is 0 Å². The lowest BCUT2D eigenvalue weighted by Gasteiger charge is -2.21. The number of aliphatic hydroxyl groups excluding tert-OH is 1. The molecule has 0 bridgehead atoms. The molecule has 1 atom stereocenters. The third-order valence-electron chi connectivity index (χ3n) is 1.89. The van der Waals surface area contributed by atoms with Gasteiger partial charge in [0, 0.05) is 0 Å². The molecule has 94 valence electrons. The van der Waals surface area contributed by atoms with Gasteiger partial charge in [0.2, 0.25) is 5.91 Å². The monoisotopic (exact) mass is 431 g/mol. The van der Waals surface area contributed by atoms with E-state index in [1.807, 2.05) is 0 Å². The highest BCUT2D eigenvalue weighted by Crippen LogP contribution is 2.35. The number of nitrogens with one attached hydrogen (secondary N) is 1. The van der Waals surface area contributed by atoms with Crippen molar-refractivity contribution in [3.63, 3.8) is 0 Å². The minimum atomic E-state index is -1.14. The molecule has 0 aliphatic rings. The summed E-state index contributed by atoms with van der Waals surface area (Å²) in [5.41, 5.74) is 0.667. The number of carbonyl (C=O) groups is 1. The third-order valence-corrected chi connectivity index (χ3v) is 3.19. The Hall–Kier alpha value is 0.0200. The van der Waals surface area contributed by atoms with Gasteiger partial charge in [-0.1, -0.05) is 59.9 Å². The lowest BCUT2D eigenvalue weighted by Crippen LogP contribution is -2.43. The van der Waals surface area contributed by atoms with E-state index in [-0.39, 0.29) is 18.1 Å². The van der Waals surface area contributed by atoms with Crippen LogP contribution in [0.2, 0.25) is 0 Å². The number of rotatable bonds is 3. The van der Waals surface area contributed by atoms with Crippen LogP contribution in [0.4, 0.5) is 4.39 Å². The molecule has 17 heavy (non-hydrogen) atoms. The van der Waals surface area contributed by atoms with E-state index in [0.29, 0.717) is 5.56 Å². The molecule has 1 aromatic rings. The van der Waals surface area contributed by atoms with Gasteiger partial charge in [-0.15, -0.1) is 0 Å². The van der Waals surface area contributed by atoms with Gasteiger partial charge in [0.25, 0.3) is 0 Å². The van der Waals surface area contributed by atoms with Gasteiger partial charge in [0.1, 0.15) is 5.82 Å². The molecule has 7 heteroatoms. The summed E-state index contributed by atoms with van der Waals surface area (Å²) < 4.78 is 11.7. The molecule has 0 aliphatic heterocycles. The number of amides is 1. The maximum Gasteiger partial charge on any atom is 0.226 e. The Morgan fingerprint density at radius 3 is 2.35 bits per heavy atom. The maximum absolute atomic E-state index is 12.6. The predicted molar refractivity (Wildman–Crippen MR) is 73.8 cm³/mol. The molecule has 1 amide bonds. The van der Waals surface area contributed by atoms with Crippen LogP contribution < -0.4 is 5.32 Å². The molecule has 2 N–H and O–H groups in total. The lowest BCUT2D eigenvalue weighted by atomic mass is 10.1. The summed E-state index contributed by atoms with van der Waals surface area (Å²) in [7, 11) is 0. The van der Waals surface area contributed by atoms with Crippen LogP contribution >= 0.6 is 47.8 Å².